The third kappa shape index (κ3) is 9.34. The molecule has 0 aliphatic heterocycles. The van der Waals surface area contributed by atoms with Crippen molar-refractivity contribution >= 4 is 39.1 Å². The first-order valence-electron chi connectivity index (χ1n) is 12.5. The molecule has 0 spiro atoms. The molecular weight excluding hydrogens is 510 g/mol. The summed E-state index contributed by atoms with van der Waals surface area (Å²) in [5, 5.41) is 3.58. The maximum Gasteiger partial charge on any atom is 0.243 e. The molecule has 2 aromatic rings. The molecule has 2 aromatic carbocycles. The number of halogens is 1. The monoisotopic (exact) mass is 549 g/mol. The molecule has 0 saturated heterocycles. The average Bonchev–Trinajstić information content (AvgIpc) is 2.77. The molecule has 1 atom stereocenters. The van der Waals surface area contributed by atoms with E-state index in [1.807, 2.05) is 71.9 Å². The highest BCUT2D eigenvalue weighted by atomic mass is 35.5. The minimum atomic E-state index is -3.55. The molecule has 0 unspecified atom stereocenters. The third-order valence-electron chi connectivity index (χ3n) is 5.94. The Morgan fingerprint density at radius 1 is 1.05 bits per heavy atom. The van der Waals surface area contributed by atoms with Gasteiger partial charge in [0.25, 0.3) is 0 Å². The van der Waals surface area contributed by atoms with Crippen LogP contribution in [0.3, 0.4) is 0 Å². The molecule has 0 aliphatic carbocycles. The number of sulfonamides is 1. The van der Waals surface area contributed by atoms with Gasteiger partial charge in [0.15, 0.2) is 0 Å². The van der Waals surface area contributed by atoms with E-state index in [4.69, 9.17) is 11.6 Å². The zero-order valence-electron chi connectivity index (χ0n) is 23.0. The fourth-order valence-corrected chi connectivity index (χ4v) is 5.27. The number of rotatable bonds is 11. The number of nitrogens with one attached hydrogen (secondary N) is 1. The zero-order chi connectivity index (χ0) is 28.0. The lowest BCUT2D eigenvalue weighted by Gasteiger charge is -2.33. The number of hydrogen-bond donors (Lipinski definition) is 1. The van der Waals surface area contributed by atoms with Crippen LogP contribution < -0.4 is 9.62 Å². The number of benzene rings is 2. The largest absolute Gasteiger partial charge is 0.350 e. The van der Waals surface area contributed by atoms with Gasteiger partial charge in [0.05, 0.1) is 11.9 Å². The van der Waals surface area contributed by atoms with Gasteiger partial charge in [0.1, 0.15) is 6.04 Å². The van der Waals surface area contributed by atoms with Crippen molar-refractivity contribution in [1.29, 1.82) is 0 Å². The highest BCUT2D eigenvalue weighted by molar-refractivity contribution is 7.92. The van der Waals surface area contributed by atoms with Crippen molar-refractivity contribution < 1.29 is 18.0 Å². The lowest BCUT2D eigenvalue weighted by molar-refractivity contribution is -0.142. The van der Waals surface area contributed by atoms with Gasteiger partial charge in [-0.15, -0.1) is 0 Å². The van der Waals surface area contributed by atoms with Gasteiger partial charge in [0.2, 0.25) is 21.8 Å². The van der Waals surface area contributed by atoms with Crippen molar-refractivity contribution in [3.63, 3.8) is 0 Å². The second-order valence-corrected chi connectivity index (χ2v) is 12.9. The molecule has 1 N–H and O–H groups in total. The number of carbonyl (C=O) groups is 2. The summed E-state index contributed by atoms with van der Waals surface area (Å²) in [5.41, 5.74) is 2.82. The highest BCUT2D eigenvalue weighted by Crippen LogP contribution is 2.25. The van der Waals surface area contributed by atoms with Crippen molar-refractivity contribution in [3.05, 3.63) is 64.2 Å². The van der Waals surface area contributed by atoms with E-state index >= 15 is 0 Å². The molecule has 7 nitrogen and oxygen atoms in total. The first kappa shape index (κ1) is 30.6. The van der Waals surface area contributed by atoms with Gasteiger partial charge in [-0.1, -0.05) is 42.8 Å². The number of aryl methyl sites for hydroxylation is 2. The van der Waals surface area contributed by atoms with Gasteiger partial charge in [-0.05, 0) is 82.3 Å². The second kappa shape index (κ2) is 12.8. The van der Waals surface area contributed by atoms with Crippen molar-refractivity contribution in [2.75, 3.05) is 17.1 Å². The van der Waals surface area contributed by atoms with Gasteiger partial charge < -0.3 is 10.2 Å². The predicted molar refractivity (Wildman–Crippen MR) is 151 cm³/mol. The van der Waals surface area contributed by atoms with Gasteiger partial charge in [0, 0.05) is 30.1 Å². The Hall–Kier alpha value is -2.58. The van der Waals surface area contributed by atoms with E-state index in [0.717, 1.165) is 16.7 Å². The molecule has 0 aliphatic rings. The van der Waals surface area contributed by atoms with E-state index in [1.165, 1.54) is 10.6 Å². The van der Waals surface area contributed by atoms with E-state index in [9.17, 15) is 18.0 Å². The van der Waals surface area contributed by atoms with Crippen LogP contribution in [0.1, 0.15) is 63.6 Å². The number of anilines is 1. The molecule has 2 amide bonds. The van der Waals surface area contributed by atoms with Crippen LogP contribution in [0, 0.1) is 13.8 Å². The van der Waals surface area contributed by atoms with Crippen LogP contribution in [0.25, 0.3) is 0 Å². The normalized spacial score (nSPS) is 12.6. The van der Waals surface area contributed by atoms with E-state index in [2.05, 4.69) is 5.32 Å². The van der Waals surface area contributed by atoms with Crippen LogP contribution in [-0.4, -0.2) is 49.5 Å². The fraction of sp³-hybridized carbons (Fsp3) is 0.500. The van der Waals surface area contributed by atoms with Crippen LogP contribution in [0.5, 0.6) is 0 Å². The predicted octanol–water partition coefficient (Wildman–Crippen LogP) is 5.23. The molecule has 0 bridgehead atoms. The van der Waals surface area contributed by atoms with E-state index in [1.54, 1.807) is 17.0 Å². The van der Waals surface area contributed by atoms with Crippen LogP contribution in [0.2, 0.25) is 5.02 Å². The Balaban J connectivity index is 2.27. The molecule has 0 heterocycles. The van der Waals surface area contributed by atoms with Gasteiger partial charge in [-0.3, -0.25) is 13.9 Å². The van der Waals surface area contributed by atoms with Gasteiger partial charge >= 0.3 is 0 Å². The van der Waals surface area contributed by atoms with Crippen LogP contribution in [0.4, 0.5) is 5.69 Å². The summed E-state index contributed by atoms with van der Waals surface area (Å²) in [6.07, 6.45) is 2.03. The lowest BCUT2D eigenvalue weighted by atomic mass is 10.0. The number of nitrogens with zero attached hydrogens (tertiary/aromatic N) is 2. The highest BCUT2D eigenvalue weighted by Gasteiger charge is 2.30. The summed E-state index contributed by atoms with van der Waals surface area (Å²) in [6.45, 7) is 11.8. The van der Waals surface area contributed by atoms with Crippen LogP contribution >= 0.6 is 11.6 Å². The zero-order valence-corrected chi connectivity index (χ0v) is 24.5. The Morgan fingerprint density at radius 3 is 2.22 bits per heavy atom. The van der Waals surface area contributed by atoms with E-state index in [0.29, 0.717) is 23.6 Å². The summed E-state index contributed by atoms with van der Waals surface area (Å²) in [5.74, 6) is -0.425. The third-order valence-corrected chi connectivity index (χ3v) is 7.37. The lowest BCUT2D eigenvalue weighted by Crippen LogP contribution is -2.53. The Kier molecular flexibility index (Phi) is 10.6. The summed E-state index contributed by atoms with van der Waals surface area (Å²) in [4.78, 5) is 28.3. The average molecular weight is 550 g/mol. The summed E-state index contributed by atoms with van der Waals surface area (Å²) < 4.78 is 26.6. The Morgan fingerprint density at radius 2 is 1.68 bits per heavy atom. The molecular formula is C28H40ClN3O4S. The second-order valence-electron chi connectivity index (χ2n) is 10.5. The molecule has 2 rings (SSSR count). The van der Waals surface area contributed by atoms with Crippen LogP contribution in [0.15, 0.2) is 42.5 Å². The molecule has 37 heavy (non-hydrogen) atoms. The maximum absolute atomic E-state index is 13.5. The van der Waals surface area contributed by atoms with Gasteiger partial charge in [-0.2, -0.15) is 0 Å². The summed E-state index contributed by atoms with van der Waals surface area (Å²) in [7, 11) is -3.55. The van der Waals surface area contributed by atoms with Crippen molar-refractivity contribution in [2.24, 2.45) is 0 Å². The quantitative estimate of drug-likeness (QED) is 0.416. The first-order valence-corrected chi connectivity index (χ1v) is 14.8. The van der Waals surface area contributed by atoms with Crippen LogP contribution in [-0.2, 0) is 26.2 Å². The van der Waals surface area contributed by atoms with E-state index < -0.39 is 21.6 Å². The van der Waals surface area contributed by atoms with E-state index in [-0.39, 0.29) is 31.3 Å². The molecule has 9 heteroatoms. The van der Waals surface area contributed by atoms with Crippen molar-refractivity contribution in [1.82, 2.24) is 10.2 Å². The fourth-order valence-electron chi connectivity index (χ4n) is 4.13. The Labute approximate surface area is 227 Å². The topological polar surface area (TPSA) is 86.8 Å². The first-order chi connectivity index (χ1) is 17.1. The SMILES string of the molecule is CC[C@H](C(=O)NC(C)(C)C)N(Cc1ccc(Cl)cc1)C(=O)CCCN(c1cc(C)ccc1C)S(C)(=O)=O. The summed E-state index contributed by atoms with van der Waals surface area (Å²) in [6, 6.07) is 12.2. The molecule has 0 aromatic heterocycles. The number of amides is 2. The minimum Gasteiger partial charge on any atom is -0.350 e. The Bertz CT molecular complexity index is 1190. The number of hydrogen-bond acceptors (Lipinski definition) is 4. The van der Waals surface area contributed by atoms with Crippen molar-refractivity contribution in [3.8, 4) is 0 Å². The standard InChI is InChI=1S/C28H40ClN3O4S/c1-8-24(27(34)30-28(4,5)6)31(19-22-13-15-23(29)16-14-22)26(33)10-9-17-32(37(7,35)36)25-18-20(2)11-12-21(25)3/h11-16,18,24H,8-10,17,19H2,1-7H3,(H,30,34)/t24-/m1/s1. The summed E-state index contributed by atoms with van der Waals surface area (Å²) >= 11 is 6.03. The molecule has 204 valence electrons. The van der Waals surface area contributed by atoms with Gasteiger partial charge in [-0.25, -0.2) is 8.42 Å². The van der Waals surface area contributed by atoms with Crippen molar-refractivity contribution in [2.45, 2.75) is 78.9 Å². The molecule has 0 saturated carbocycles. The minimum absolute atomic E-state index is 0.101. The molecule has 0 fully saturated rings. The maximum atomic E-state index is 13.5. The number of carbonyl (C=O) groups excluding carboxylic acids is 2. The smallest absolute Gasteiger partial charge is 0.243 e. The molecule has 0 radical (unpaired) electrons.